The predicted molar refractivity (Wildman–Crippen MR) is 108 cm³/mol. The summed E-state index contributed by atoms with van der Waals surface area (Å²) in [6.07, 6.45) is 0.838. The van der Waals surface area contributed by atoms with Crippen LogP contribution in [0.1, 0.15) is 34.9 Å². The Hall–Kier alpha value is -3.55. The molecule has 0 saturated carbocycles. The number of likely N-dealkylation sites (tertiary alicyclic amines) is 1. The summed E-state index contributed by atoms with van der Waals surface area (Å²) in [4.78, 5) is 38.5. The Kier molecular flexibility index (Phi) is 6.90. The number of esters is 1. The fraction of sp³-hybridized carbons (Fsp3) is 0.318. The molecule has 2 N–H and O–H groups in total. The standard InChI is InChI=1S/C22H24N2O6/c1-28-18-13-16(9-10-17(18)29-14-19(23)25)22(27)30-20(15-7-3-2-4-8-15)21(26)24-11-5-6-12-24/h2-4,7-10,13,20H,5-6,11-12,14H2,1H3,(H2,23,25). The Labute approximate surface area is 174 Å². The monoisotopic (exact) mass is 412 g/mol. The summed E-state index contributed by atoms with van der Waals surface area (Å²) >= 11 is 0. The Morgan fingerprint density at radius 1 is 1.03 bits per heavy atom. The van der Waals surface area contributed by atoms with Gasteiger partial charge in [-0.3, -0.25) is 9.59 Å². The number of amides is 2. The second-order valence-corrected chi connectivity index (χ2v) is 6.85. The average molecular weight is 412 g/mol. The molecule has 0 bridgehead atoms. The second-order valence-electron chi connectivity index (χ2n) is 6.85. The molecular formula is C22H24N2O6. The predicted octanol–water partition coefficient (Wildman–Crippen LogP) is 2.08. The zero-order valence-electron chi connectivity index (χ0n) is 16.7. The lowest BCUT2D eigenvalue weighted by Crippen LogP contribution is -2.34. The highest BCUT2D eigenvalue weighted by molar-refractivity contribution is 5.93. The zero-order valence-corrected chi connectivity index (χ0v) is 16.7. The van der Waals surface area contributed by atoms with Crippen LogP contribution in [0.5, 0.6) is 11.5 Å². The van der Waals surface area contributed by atoms with Crippen LogP contribution in [-0.2, 0) is 14.3 Å². The van der Waals surface area contributed by atoms with Crippen molar-refractivity contribution < 1.29 is 28.6 Å². The molecule has 1 heterocycles. The Morgan fingerprint density at radius 3 is 2.37 bits per heavy atom. The fourth-order valence-corrected chi connectivity index (χ4v) is 3.23. The third-order valence-electron chi connectivity index (χ3n) is 4.74. The van der Waals surface area contributed by atoms with E-state index < -0.39 is 18.0 Å². The molecule has 1 aliphatic heterocycles. The van der Waals surface area contributed by atoms with Crippen LogP contribution in [0.3, 0.4) is 0 Å². The van der Waals surface area contributed by atoms with E-state index in [1.165, 1.54) is 25.3 Å². The summed E-state index contributed by atoms with van der Waals surface area (Å²) in [5, 5.41) is 0. The summed E-state index contributed by atoms with van der Waals surface area (Å²) in [6, 6.07) is 13.3. The average Bonchev–Trinajstić information content (AvgIpc) is 3.30. The number of carbonyl (C=O) groups is 3. The van der Waals surface area contributed by atoms with Crippen LogP contribution >= 0.6 is 0 Å². The molecule has 1 aliphatic rings. The van der Waals surface area contributed by atoms with Gasteiger partial charge in [-0.2, -0.15) is 0 Å². The maximum absolute atomic E-state index is 13.0. The third kappa shape index (κ3) is 5.08. The van der Waals surface area contributed by atoms with E-state index in [9.17, 15) is 14.4 Å². The topological polar surface area (TPSA) is 108 Å². The largest absolute Gasteiger partial charge is 0.493 e. The first-order valence-corrected chi connectivity index (χ1v) is 9.63. The Balaban J connectivity index is 1.81. The van der Waals surface area contributed by atoms with Gasteiger partial charge in [-0.1, -0.05) is 30.3 Å². The van der Waals surface area contributed by atoms with Crippen LogP contribution in [0.2, 0.25) is 0 Å². The van der Waals surface area contributed by atoms with E-state index in [1.54, 1.807) is 29.2 Å². The highest BCUT2D eigenvalue weighted by Gasteiger charge is 2.31. The van der Waals surface area contributed by atoms with E-state index in [0.29, 0.717) is 18.7 Å². The molecule has 2 aromatic carbocycles. The van der Waals surface area contributed by atoms with Crippen molar-refractivity contribution in [3.05, 3.63) is 59.7 Å². The van der Waals surface area contributed by atoms with E-state index in [2.05, 4.69) is 0 Å². The molecule has 1 fully saturated rings. The van der Waals surface area contributed by atoms with Crippen molar-refractivity contribution in [3.8, 4) is 11.5 Å². The summed E-state index contributed by atoms with van der Waals surface area (Å²) in [5.74, 6) is -1.03. The quantitative estimate of drug-likeness (QED) is 0.665. The molecule has 0 aliphatic carbocycles. The van der Waals surface area contributed by atoms with E-state index in [1.807, 2.05) is 6.07 Å². The van der Waals surface area contributed by atoms with Crippen LogP contribution in [0.15, 0.2) is 48.5 Å². The number of hydrogen-bond acceptors (Lipinski definition) is 6. The minimum Gasteiger partial charge on any atom is -0.493 e. The molecule has 8 nitrogen and oxygen atoms in total. The summed E-state index contributed by atoms with van der Waals surface area (Å²) in [5.41, 5.74) is 5.88. The first-order valence-electron chi connectivity index (χ1n) is 9.63. The van der Waals surface area contributed by atoms with Gasteiger partial charge < -0.3 is 24.8 Å². The number of nitrogens with zero attached hydrogens (tertiary/aromatic N) is 1. The maximum atomic E-state index is 13.0. The first-order chi connectivity index (χ1) is 14.5. The van der Waals surface area contributed by atoms with Gasteiger partial charge in [0.1, 0.15) is 0 Å². The van der Waals surface area contributed by atoms with Crippen LogP contribution in [0.4, 0.5) is 0 Å². The molecule has 0 radical (unpaired) electrons. The van der Waals surface area contributed by atoms with Gasteiger partial charge in [-0.05, 0) is 31.0 Å². The number of primary amides is 1. The van der Waals surface area contributed by atoms with Gasteiger partial charge in [0.2, 0.25) is 6.10 Å². The van der Waals surface area contributed by atoms with Crippen LogP contribution in [-0.4, -0.2) is 49.5 Å². The van der Waals surface area contributed by atoms with Gasteiger partial charge in [0, 0.05) is 18.7 Å². The van der Waals surface area contributed by atoms with Gasteiger partial charge >= 0.3 is 5.97 Å². The molecule has 8 heteroatoms. The van der Waals surface area contributed by atoms with Gasteiger partial charge in [0.15, 0.2) is 18.1 Å². The smallest absolute Gasteiger partial charge is 0.339 e. The molecule has 2 amide bonds. The SMILES string of the molecule is COc1cc(C(=O)OC(C(=O)N2CCCC2)c2ccccc2)ccc1OCC(N)=O. The molecule has 1 atom stereocenters. The summed E-state index contributed by atoms with van der Waals surface area (Å²) in [6.45, 7) is 0.986. The van der Waals surface area contributed by atoms with Gasteiger partial charge in [-0.25, -0.2) is 4.79 Å². The molecule has 30 heavy (non-hydrogen) atoms. The lowest BCUT2D eigenvalue weighted by molar-refractivity contribution is -0.140. The van der Waals surface area contributed by atoms with Crippen molar-refractivity contribution in [3.63, 3.8) is 0 Å². The highest BCUT2D eigenvalue weighted by atomic mass is 16.5. The van der Waals surface area contributed by atoms with Crippen LogP contribution in [0, 0.1) is 0 Å². The van der Waals surface area contributed by atoms with Crippen molar-refractivity contribution >= 4 is 17.8 Å². The van der Waals surface area contributed by atoms with Crippen molar-refractivity contribution in [2.75, 3.05) is 26.8 Å². The summed E-state index contributed by atoms with van der Waals surface area (Å²) in [7, 11) is 1.41. The molecule has 0 spiro atoms. The molecule has 3 rings (SSSR count). The number of nitrogens with two attached hydrogens (primary N) is 1. The second kappa shape index (κ2) is 9.78. The van der Waals surface area contributed by atoms with Gasteiger partial charge in [0.05, 0.1) is 12.7 Å². The number of benzene rings is 2. The van der Waals surface area contributed by atoms with E-state index >= 15 is 0 Å². The normalized spacial score (nSPS) is 14.1. The number of ether oxygens (including phenoxy) is 3. The van der Waals surface area contributed by atoms with Crippen LogP contribution in [0.25, 0.3) is 0 Å². The highest BCUT2D eigenvalue weighted by Crippen LogP contribution is 2.30. The van der Waals surface area contributed by atoms with Gasteiger partial charge in [-0.15, -0.1) is 0 Å². The van der Waals surface area contributed by atoms with Crippen molar-refractivity contribution in [1.82, 2.24) is 4.90 Å². The van der Waals surface area contributed by atoms with Crippen LogP contribution < -0.4 is 15.2 Å². The van der Waals surface area contributed by atoms with Crippen molar-refractivity contribution in [1.29, 1.82) is 0 Å². The number of hydrogen-bond donors (Lipinski definition) is 1. The number of methoxy groups -OCH3 is 1. The van der Waals surface area contributed by atoms with Gasteiger partial charge in [0.25, 0.3) is 11.8 Å². The fourth-order valence-electron chi connectivity index (χ4n) is 3.23. The third-order valence-corrected chi connectivity index (χ3v) is 4.74. The minimum atomic E-state index is -1.03. The summed E-state index contributed by atoms with van der Waals surface area (Å²) < 4.78 is 16.1. The van der Waals surface area contributed by atoms with Crippen molar-refractivity contribution in [2.24, 2.45) is 5.73 Å². The molecule has 2 aromatic rings. The molecule has 1 saturated heterocycles. The molecule has 0 aromatic heterocycles. The zero-order chi connectivity index (χ0) is 21.5. The first kappa shape index (κ1) is 21.2. The molecular weight excluding hydrogens is 388 g/mol. The lowest BCUT2D eigenvalue weighted by atomic mass is 10.1. The molecule has 158 valence electrons. The van der Waals surface area contributed by atoms with E-state index in [-0.39, 0.29) is 29.6 Å². The maximum Gasteiger partial charge on any atom is 0.339 e. The molecule has 1 unspecified atom stereocenters. The Morgan fingerprint density at radius 2 is 1.73 bits per heavy atom. The van der Waals surface area contributed by atoms with Crippen molar-refractivity contribution in [2.45, 2.75) is 18.9 Å². The van der Waals surface area contributed by atoms with E-state index in [0.717, 1.165) is 12.8 Å². The number of rotatable bonds is 8. The lowest BCUT2D eigenvalue weighted by Gasteiger charge is -2.23. The van der Waals surface area contributed by atoms with E-state index in [4.69, 9.17) is 19.9 Å². The Bertz CT molecular complexity index is 909. The minimum absolute atomic E-state index is 0.188. The number of carbonyl (C=O) groups excluding carboxylic acids is 3.